The lowest BCUT2D eigenvalue weighted by molar-refractivity contribution is 0.270. The number of benzene rings is 1. The first-order chi connectivity index (χ1) is 11.8. The summed E-state index contributed by atoms with van der Waals surface area (Å²) in [5.41, 5.74) is 1.39. The second kappa shape index (κ2) is 8.64. The number of rotatable bonds is 7. The summed E-state index contributed by atoms with van der Waals surface area (Å²) in [7, 11) is 0. The Morgan fingerprint density at radius 2 is 1.83 bits per heavy atom. The van der Waals surface area contributed by atoms with E-state index in [0.29, 0.717) is 0 Å². The number of nitrogens with one attached hydrogen (secondary N) is 1. The number of anilines is 2. The predicted octanol–water partition coefficient (Wildman–Crippen LogP) is 2.66. The standard InChI is InChI=1S/C19H27N5/c1-2-23-13-15-24(16-14-23)19-21-12-10-18(22-19)20-11-6-9-17-7-4-3-5-8-17/h3-5,7-8,10,12H,2,6,9,11,13-16H2,1H3,(H,20,21,22). The first kappa shape index (κ1) is 16.7. The second-order valence-electron chi connectivity index (χ2n) is 6.18. The fraction of sp³-hybridized carbons (Fsp3) is 0.474. The molecule has 1 aliphatic heterocycles. The van der Waals surface area contributed by atoms with Gasteiger partial charge in [-0.05, 0) is 31.0 Å². The van der Waals surface area contributed by atoms with E-state index in [1.165, 1.54) is 5.56 Å². The molecule has 0 spiro atoms. The molecule has 0 aliphatic carbocycles. The molecule has 1 aromatic carbocycles. The van der Waals surface area contributed by atoms with Crippen LogP contribution in [0.2, 0.25) is 0 Å². The van der Waals surface area contributed by atoms with Gasteiger partial charge < -0.3 is 15.1 Å². The molecule has 5 nitrogen and oxygen atoms in total. The first-order valence-corrected chi connectivity index (χ1v) is 8.93. The number of likely N-dealkylation sites (N-methyl/N-ethyl adjacent to an activating group) is 1. The summed E-state index contributed by atoms with van der Waals surface area (Å²) in [5, 5.41) is 3.43. The third kappa shape index (κ3) is 4.68. The van der Waals surface area contributed by atoms with Crippen molar-refractivity contribution in [3.63, 3.8) is 0 Å². The van der Waals surface area contributed by atoms with Crippen LogP contribution >= 0.6 is 0 Å². The molecule has 1 saturated heterocycles. The minimum Gasteiger partial charge on any atom is -0.370 e. The van der Waals surface area contributed by atoms with Crippen LogP contribution in [0.4, 0.5) is 11.8 Å². The Bertz CT molecular complexity index is 608. The molecule has 0 bridgehead atoms. The van der Waals surface area contributed by atoms with Gasteiger partial charge in [0, 0.05) is 38.9 Å². The Balaban J connectivity index is 1.47. The van der Waals surface area contributed by atoms with Crippen molar-refractivity contribution >= 4 is 11.8 Å². The lowest BCUT2D eigenvalue weighted by Gasteiger charge is -2.34. The molecule has 5 heteroatoms. The summed E-state index contributed by atoms with van der Waals surface area (Å²) >= 11 is 0. The number of piperazine rings is 1. The Morgan fingerprint density at radius 1 is 1.04 bits per heavy atom. The monoisotopic (exact) mass is 325 g/mol. The van der Waals surface area contributed by atoms with Gasteiger partial charge in [0.15, 0.2) is 0 Å². The van der Waals surface area contributed by atoms with Crippen LogP contribution in [0.1, 0.15) is 18.9 Å². The van der Waals surface area contributed by atoms with Crippen LogP contribution in [0, 0.1) is 0 Å². The molecule has 1 N–H and O–H groups in total. The van der Waals surface area contributed by atoms with Gasteiger partial charge in [-0.1, -0.05) is 37.3 Å². The molecule has 0 atom stereocenters. The van der Waals surface area contributed by atoms with Crippen LogP contribution in [0.3, 0.4) is 0 Å². The largest absolute Gasteiger partial charge is 0.370 e. The van der Waals surface area contributed by atoms with Crippen molar-refractivity contribution in [3.05, 3.63) is 48.2 Å². The van der Waals surface area contributed by atoms with Gasteiger partial charge in [0.2, 0.25) is 5.95 Å². The zero-order chi connectivity index (χ0) is 16.6. The summed E-state index contributed by atoms with van der Waals surface area (Å²) in [4.78, 5) is 13.9. The van der Waals surface area contributed by atoms with Crippen molar-refractivity contribution in [1.29, 1.82) is 0 Å². The molecule has 1 aliphatic rings. The van der Waals surface area contributed by atoms with Gasteiger partial charge in [0.1, 0.15) is 5.82 Å². The summed E-state index contributed by atoms with van der Waals surface area (Å²) in [5.74, 6) is 1.77. The number of nitrogens with zero attached hydrogens (tertiary/aromatic N) is 4. The fourth-order valence-corrected chi connectivity index (χ4v) is 3.02. The van der Waals surface area contributed by atoms with Crippen LogP contribution in [0.15, 0.2) is 42.6 Å². The lowest BCUT2D eigenvalue weighted by atomic mass is 10.1. The van der Waals surface area contributed by atoms with Gasteiger partial charge >= 0.3 is 0 Å². The molecule has 128 valence electrons. The van der Waals surface area contributed by atoms with E-state index in [0.717, 1.165) is 63.9 Å². The summed E-state index contributed by atoms with van der Waals surface area (Å²) in [6, 6.07) is 12.6. The third-order valence-electron chi connectivity index (χ3n) is 4.54. The highest BCUT2D eigenvalue weighted by Gasteiger charge is 2.17. The van der Waals surface area contributed by atoms with Gasteiger partial charge in [0.25, 0.3) is 0 Å². The molecule has 1 fully saturated rings. The highest BCUT2D eigenvalue weighted by Crippen LogP contribution is 2.13. The number of aromatic nitrogens is 2. The molecule has 0 saturated carbocycles. The van der Waals surface area contributed by atoms with Crippen molar-refractivity contribution in [2.45, 2.75) is 19.8 Å². The highest BCUT2D eigenvalue weighted by atomic mass is 15.3. The molecular weight excluding hydrogens is 298 g/mol. The average Bonchev–Trinajstić information content (AvgIpc) is 2.66. The number of aryl methyl sites for hydroxylation is 1. The van der Waals surface area contributed by atoms with E-state index < -0.39 is 0 Å². The van der Waals surface area contributed by atoms with Gasteiger partial charge in [-0.2, -0.15) is 4.98 Å². The van der Waals surface area contributed by atoms with E-state index in [2.05, 4.69) is 62.3 Å². The SMILES string of the molecule is CCN1CCN(c2nccc(NCCCc3ccccc3)n2)CC1. The van der Waals surface area contributed by atoms with E-state index in [-0.39, 0.29) is 0 Å². The highest BCUT2D eigenvalue weighted by molar-refractivity contribution is 5.41. The van der Waals surface area contributed by atoms with Crippen LogP contribution in [0.25, 0.3) is 0 Å². The van der Waals surface area contributed by atoms with Crippen LogP contribution in [-0.2, 0) is 6.42 Å². The van der Waals surface area contributed by atoms with Gasteiger partial charge in [-0.15, -0.1) is 0 Å². The Kier molecular flexibility index (Phi) is 6.01. The normalized spacial score (nSPS) is 15.5. The molecule has 24 heavy (non-hydrogen) atoms. The average molecular weight is 325 g/mol. The van der Waals surface area contributed by atoms with Crippen molar-refractivity contribution in [3.8, 4) is 0 Å². The Morgan fingerprint density at radius 3 is 2.58 bits per heavy atom. The molecule has 2 aromatic rings. The third-order valence-corrected chi connectivity index (χ3v) is 4.54. The predicted molar refractivity (Wildman–Crippen MR) is 99.6 cm³/mol. The van der Waals surface area contributed by atoms with Crippen molar-refractivity contribution < 1.29 is 0 Å². The maximum Gasteiger partial charge on any atom is 0.227 e. The second-order valence-corrected chi connectivity index (χ2v) is 6.18. The zero-order valence-corrected chi connectivity index (χ0v) is 14.5. The Labute approximate surface area is 144 Å². The van der Waals surface area contributed by atoms with E-state index in [1.54, 1.807) is 0 Å². The molecule has 0 unspecified atom stereocenters. The van der Waals surface area contributed by atoms with E-state index >= 15 is 0 Å². The van der Waals surface area contributed by atoms with E-state index in [9.17, 15) is 0 Å². The fourth-order valence-electron chi connectivity index (χ4n) is 3.02. The summed E-state index contributed by atoms with van der Waals surface area (Å²) in [6.45, 7) is 8.46. The number of hydrogen-bond acceptors (Lipinski definition) is 5. The van der Waals surface area contributed by atoms with Crippen molar-refractivity contribution in [2.24, 2.45) is 0 Å². The quantitative estimate of drug-likeness (QED) is 0.793. The smallest absolute Gasteiger partial charge is 0.227 e. The van der Waals surface area contributed by atoms with Crippen LogP contribution in [-0.4, -0.2) is 54.1 Å². The summed E-state index contributed by atoms with van der Waals surface area (Å²) in [6.07, 6.45) is 4.04. The molecular formula is C19H27N5. The molecule has 0 amide bonds. The van der Waals surface area contributed by atoms with Crippen LogP contribution in [0.5, 0.6) is 0 Å². The molecule has 1 aromatic heterocycles. The van der Waals surface area contributed by atoms with Crippen molar-refractivity contribution in [2.75, 3.05) is 49.5 Å². The van der Waals surface area contributed by atoms with Crippen molar-refractivity contribution in [1.82, 2.24) is 14.9 Å². The number of hydrogen-bond donors (Lipinski definition) is 1. The topological polar surface area (TPSA) is 44.3 Å². The minimum absolute atomic E-state index is 0.846. The van der Waals surface area contributed by atoms with Gasteiger partial charge in [-0.3, -0.25) is 0 Å². The minimum atomic E-state index is 0.846. The zero-order valence-electron chi connectivity index (χ0n) is 14.5. The van der Waals surface area contributed by atoms with Gasteiger partial charge in [-0.25, -0.2) is 4.98 Å². The van der Waals surface area contributed by atoms with E-state index in [1.807, 2.05) is 12.3 Å². The first-order valence-electron chi connectivity index (χ1n) is 8.93. The maximum absolute atomic E-state index is 4.68. The molecule has 2 heterocycles. The summed E-state index contributed by atoms with van der Waals surface area (Å²) < 4.78 is 0. The molecule has 3 rings (SSSR count). The lowest BCUT2D eigenvalue weighted by Crippen LogP contribution is -2.46. The van der Waals surface area contributed by atoms with Gasteiger partial charge in [0.05, 0.1) is 0 Å². The van der Waals surface area contributed by atoms with Crippen LogP contribution < -0.4 is 10.2 Å². The van der Waals surface area contributed by atoms with E-state index in [4.69, 9.17) is 0 Å². The molecule has 0 radical (unpaired) electrons. The maximum atomic E-state index is 4.68. The Hall–Kier alpha value is -2.14.